The van der Waals surface area contributed by atoms with E-state index < -0.39 is 30.6 Å². The molecule has 0 saturated carbocycles. The quantitative estimate of drug-likeness (QED) is 0.510. The van der Waals surface area contributed by atoms with Gasteiger partial charge in [-0.1, -0.05) is 62.4 Å². The number of benzene rings is 2. The van der Waals surface area contributed by atoms with Crippen LogP contribution >= 0.6 is 0 Å². The predicted molar refractivity (Wildman–Crippen MR) is 134 cm³/mol. The summed E-state index contributed by atoms with van der Waals surface area (Å²) < 4.78 is 5.62. The molecule has 35 heavy (non-hydrogen) atoms. The van der Waals surface area contributed by atoms with Gasteiger partial charge in [-0.15, -0.1) is 0 Å². The fourth-order valence-electron chi connectivity index (χ4n) is 4.48. The fourth-order valence-corrected chi connectivity index (χ4v) is 4.48. The third-order valence-corrected chi connectivity index (χ3v) is 6.02. The van der Waals surface area contributed by atoms with Crippen LogP contribution in [0.5, 0.6) is 0 Å². The molecule has 2 aromatic rings. The van der Waals surface area contributed by atoms with Crippen molar-refractivity contribution >= 4 is 18.0 Å². The first-order chi connectivity index (χ1) is 16.7. The van der Waals surface area contributed by atoms with E-state index in [1.165, 1.54) is 4.90 Å². The lowest BCUT2D eigenvalue weighted by molar-refractivity contribution is -0.145. The van der Waals surface area contributed by atoms with Crippen LogP contribution in [0.1, 0.15) is 37.3 Å². The second kappa shape index (κ2) is 11.8. The molecule has 1 aliphatic carbocycles. The van der Waals surface area contributed by atoms with Gasteiger partial charge in [-0.2, -0.15) is 0 Å². The summed E-state index contributed by atoms with van der Waals surface area (Å²) in [5, 5.41) is 12.0. The van der Waals surface area contributed by atoms with Crippen LogP contribution in [0, 0.1) is 5.92 Å². The summed E-state index contributed by atoms with van der Waals surface area (Å²) in [7, 11) is 3.75. The van der Waals surface area contributed by atoms with Gasteiger partial charge in [0.05, 0.1) is 0 Å². The topological polar surface area (TPSA) is 99.2 Å². The van der Waals surface area contributed by atoms with E-state index in [4.69, 9.17) is 4.74 Å². The summed E-state index contributed by atoms with van der Waals surface area (Å²) in [6.45, 7) is 4.38. The van der Waals surface area contributed by atoms with Gasteiger partial charge in [0.25, 0.3) is 0 Å². The lowest BCUT2D eigenvalue weighted by atomic mass is 9.98. The molecule has 1 atom stereocenters. The molecule has 3 rings (SSSR count). The largest absolute Gasteiger partial charge is 0.480 e. The molecule has 0 saturated heterocycles. The maximum Gasteiger partial charge on any atom is 0.407 e. The van der Waals surface area contributed by atoms with Crippen LogP contribution in [0.3, 0.4) is 0 Å². The van der Waals surface area contributed by atoms with Crippen LogP contribution in [0.25, 0.3) is 11.1 Å². The van der Waals surface area contributed by atoms with Crippen molar-refractivity contribution in [3.8, 4) is 11.1 Å². The van der Waals surface area contributed by atoms with Crippen LogP contribution < -0.4 is 5.32 Å². The minimum absolute atomic E-state index is 0.0854. The second-order valence-electron chi connectivity index (χ2n) is 9.62. The number of nitrogens with zero attached hydrogens (tertiary/aromatic N) is 2. The molecule has 0 bridgehead atoms. The molecule has 0 fully saturated rings. The number of hydrogen-bond acceptors (Lipinski definition) is 5. The zero-order valence-electron chi connectivity index (χ0n) is 20.9. The Labute approximate surface area is 206 Å². The van der Waals surface area contributed by atoms with Crippen LogP contribution in [-0.4, -0.2) is 79.3 Å². The van der Waals surface area contributed by atoms with Gasteiger partial charge in [0, 0.05) is 12.5 Å². The maximum absolute atomic E-state index is 13.2. The number of ether oxygens (including phenoxy) is 1. The summed E-state index contributed by atoms with van der Waals surface area (Å²) in [6.07, 6.45) is -0.353. The summed E-state index contributed by atoms with van der Waals surface area (Å²) in [6, 6.07) is 15.3. The lowest BCUT2D eigenvalue weighted by Gasteiger charge is -2.28. The summed E-state index contributed by atoms with van der Waals surface area (Å²) in [4.78, 5) is 40.6. The van der Waals surface area contributed by atoms with Crippen LogP contribution in [-0.2, 0) is 14.3 Å². The van der Waals surface area contributed by atoms with Crippen molar-refractivity contribution < 1.29 is 24.2 Å². The molecular weight excluding hydrogens is 446 g/mol. The first-order valence-electron chi connectivity index (χ1n) is 11.9. The Kier molecular flexibility index (Phi) is 8.87. The van der Waals surface area contributed by atoms with Gasteiger partial charge < -0.3 is 25.0 Å². The van der Waals surface area contributed by atoms with Crippen molar-refractivity contribution in [3.05, 3.63) is 59.7 Å². The Balaban J connectivity index is 1.71. The zero-order valence-corrected chi connectivity index (χ0v) is 20.9. The summed E-state index contributed by atoms with van der Waals surface area (Å²) in [5.41, 5.74) is 4.47. The minimum atomic E-state index is -1.09. The normalized spacial score (nSPS) is 13.3. The number of carboxylic acids is 1. The molecule has 188 valence electrons. The molecule has 0 aliphatic heterocycles. The molecule has 8 nitrogen and oxygen atoms in total. The molecule has 2 N–H and O–H groups in total. The van der Waals surface area contributed by atoms with E-state index in [0.29, 0.717) is 13.0 Å². The van der Waals surface area contributed by atoms with Crippen molar-refractivity contribution in [1.82, 2.24) is 15.1 Å². The number of amides is 2. The Bertz CT molecular complexity index is 1010. The predicted octanol–water partition coefficient (Wildman–Crippen LogP) is 3.41. The molecule has 2 aromatic carbocycles. The number of alkyl carbamates (subject to hydrolysis) is 1. The van der Waals surface area contributed by atoms with E-state index in [-0.39, 0.29) is 25.0 Å². The van der Waals surface area contributed by atoms with Crippen molar-refractivity contribution in [3.63, 3.8) is 0 Å². The average Bonchev–Trinajstić information content (AvgIpc) is 3.12. The SMILES string of the molecule is CC(C)CN(CC(=O)O)C(=O)C(CCN(C)C)NC(=O)OCC1c2ccccc2-c2ccccc21. The highest BCUT2D eigenvalue weighted by Crippen LogP contribution is 2.44. The third-order valence-electron chi connectivity index (χ3n) is 6.02. The van der Waals surface area contributed by atoms with Crippen LogP contribution in [0.4, 0.5) is 4.79 Å². The van der Waals surface area contributed by atoms with Crippen LogP contribution in [0.15, 0.2) is 48.5 Å². The van der Waals surface area contributed by atoms with Crippen molar-refractivity contribution in [2.45, 2.75) is 32.2 Å². The standard InChI is InChI=1S/C27H35N3O5/c1-18(2)15-30(16-25(31)32)26(33)24(13-14-29(3)4)28-27(34)35-17-23-21-11-7-5-9-19(21)20-10-6-8-12-22(20)23/h5-12,18,23-24H,13-17H2,1-4H3,(H,28,34)(H,31,32). The molecule has 0 radical (unpaired) electrons. The van der Waals surface area contributed by atoms with Gasteiger partial charge in [-0.05, 0) is 55.2 Å². The molecule has 0 aromatic heterocycles. The monoisotopic (exact) mass is 481 g/mol. The van der Waals surface area contributed by atoms with E-state index in [1.807, 2.05) is 69.2 Å². The van der Waals surface area contributed by atoms with Gasteiger partial charge in [0.1, 0.15) is 19.2 Å². The van der Waals surface area contributed by atoms with Gasteiger partial charge in [-0.3, -0.25) is 9.59 Å². The molecule has 0 spiro atoms. The zero-order chi connectivity index (χ0) is 25.5. The number of aliphatic carboxylic acids is 1. The molecule has 0 heterocycles. The molecule has 2 amide bonds. The van der Waals surface area contributed by atoms with Crippen LogP contribution in [0.2, 0.25) is 0 Å². The lowest BCUT2D eigenvalue weighted by Crippen LogP contribution is -2.51. The molecule has 1 aliphatic rings. The fraction of sp³-hybridized carbons (Fsp3) is 0.444. The van der Waals surface area contributed by atoms with E-state index in [0.717, 1.165) is 22.3 Å². The van der Waals surface area contributed by atoms with Gasteiger partial charge in [0.15, 0.2) is 0 Å². The maximum atomic E-state index is 13.2. The number of carboxylic acid groups (broad SMARTS) is 1. The second-order valence-corrected chi connectivity index (χ2v) is 9.62. The Morgan fingerprint density at radius 3 is 2.09 bits per heavy atom. The Morgan fingerprint density at radius 1 is 1.00 bits per heavy atom. The number of fused-ring (bicyclic) bond motifs is 3. The first-order valence-corrected chi connectivity index (χ1v) is 11.9. The van der Waals surface area contributed by atoms with Gasteiger partial charge in [0.2, 0.25) is 5.91 Å². The smallest absolute Gasteiger partial charge is 0.407 e. The van der Waals surface area contributed by atoms with Gasteiger partial charge in [-0.25, -0.2) is 4.79 Å². The molecular formula is C27H35N3O5. The van der Waals surface area contributed by atoms with E-state index in [9.17, 15) is 19.5 Å². The van der Waals surface area contributed by atoms with Gasteiger partial charge >= 0.3 is 12.1 Å². The number of rotatable bonds is 11. The number of carbonyl (C=O) groups is 3. The highest BCUT2D eigenvalue weighted by molar-refractivity contribution is 5.88. The van der Waals surface area contributed by atoms with E-state index in [2.05, 4.69) is 17.4 Å². The highest BCUT2D eigenvalue weighted by Gasteiger charge is 2.31. The molecule has 1 unspecified atom stereocenters. The average molecular weight is 482 g/mol. The summed E-state index contributed by atoms with van der Waals surface area (Å²) >= 11 is 0. The number of carbonyl (C=O) groups excluding carboxylic acids is 2. The van der Waals surface area contributed by atoms with Crippen molar-refractivity contribution in [1.29, 1.82) is 0 Å². The van der Waals surface area contributed by atoms with Crippen molar-refractivity contribution in [2.75, 3.05) is 40.3 Å². The third kappa shape index (κ3) is 6.82. The summed E-state index contributed by atoms with van der Waals surface area (Å²) in [5.74, 6) is -1.52. The first kappa shape index (κ1) is 26.2. The minimum Gasteiger partial charge on any atom is -0.480 e. The van der Waals surface area contributed by atoms with E-state index >= 15 is 0 Å². The van der Waals surface area contributed by atoms with Crippen molar-refractivity contribution in [2.24, 2.45) is 5.92 Å². The Hall–Kier alpha value is -3.39. The highest BCUT2D eigenvalue weighted by atomic mass is 16.5. The molecule has 8 heteroatoms. The Morgan fingerprint density at radius 2 is 1.57 bits per heavy atom. The van der Waals surface area contributed by atoms with E-state index in [1.54, 1.807) is 0 Å². The number of nitrogens with one attached hydrogen (secondary N) is 1. The number of hydrogen-bond donors (Lipinski definition) is 2.